The summed E-state index contributed by atoms with van der Waals surface area (Å²) in [4.78, 5) is 0. The molecule has 0 atom stereocenters. The van der Waals surface area contributed by atoms with Crippen molar-refractivity contribution in [1.29, 1.82) is 0 Å². The summed E-state index contributed by atoms with van der Waals surface area (Å²) in [5.74, 6) is -9.06. The minimum Gasteiger partial charge on any atom is -0.429 e. The van der Waals surface area contributed by atoms with Gasteiger partial charge in [-0.15, -0.1) is 0 Å². The van der Waals surface area contributed by atoms with Gasteiger partial charge in [0.2, 0.25) is 0 Å². The van der Waals surface area contributed by atoms with Gasteiger partial charge in [-0.1, -0.05) is 37.7 Å². The molecule has 0 aliphatic rings. The van der Waals surface area contributed by atoms with Gasteiger partial charge in [0.05, 0.1) is 16.7 Å². The molecule has 43 heavy (non-hydrogen) atoms. The molecule has 0 saturated heterocycles. The molecular formula is C32H20F10O. The third-order valence-corrected chi connectivity index (χ3v) is 6.32. The van der Waals surface area contributed by atoms with E-state index in [0.717, 1.165) is 31.4 Å². The molecule has 0 radical (unpaired) electrons. The quantitative estimate of drug-likeness (QED) is 0.0836. The van der Waals surface area contributed by atoms with E-state index in [9.17, 15) is 43.9 Å². The van der Waals surface area contributed by atoms with Crippen LogP contribution in [0.4, 0.5) is 43.9 Å². The molecule has 0 N–H and O–H groups in total. The number of aryl methyl sites for hydroxylation is 1. The maximum Gasteiger partial charge on any atom is 0.429 e. The molecule has 0 aliphatic carbocycles. The predicted molar refractivity (Wildman–Crippen MR) is 138 cm³/mol. The molecule has 0 aromatic heterocycles. The Morgan fingerprint density at radius 3 is 1.81 bits per heavy atom. The third kappa shape index (κ3) is 7.13. The lowest BCUT2D eigenvalue weighted by molar-refractivity contribution is -0.187. The zero-order valence-electron chi connectivity index (χ0n) is 22.2. The van der Waals surface area contributed by atoms with Crippen molar-refractivity contribution in [2.24, 2.45) is 0 Å². The summed E-state index contributed by atoms with van der Waals surface area (Å²) in [6.07, 6.45) is -1.29. The van der Waals surface area contributed by atoms with Gasteiger partial charge in [-0.05, 0) is 60.4 Å². The number of hydrogen-bond acceptors (Lipinski definition) is 1. The van der Waals surface area contributed by atoms with Crippen molar-refractivity contribution in [2.75, 3.05) is 0 Å². The van der Waals surface area contributed by atoms with Gasteiger partial charge in [-0.3, -0.25) is 0 Å². The van der Waals surface area contributed by atoms with E-state index < -0.39 is 86.2 Å². The molecule has 0 unspecified atom stereocenters. The molecule has 4 rings (SSSR count). The Labute approximate surface area is 239 Å². The lowest BCUT2D eigenvalue weighted by atomic mass is 10.0. The molecule has 0 aliphatic heterocycles. The number of unbranched alkanes of at least 4 members (excludes halogenated alkanes) is 2. The van der Waals surface area contributed by atoms with Crippen molar-refractivity contribution < 1.29 is 48.6 Å². The smallest absolute Gasteiger partial charge is 0.429 e. The molecule has 4 aromatic rings. The molecule has 1 nitrogen and oxygen atoms in total. The highest BCUT2D eigenvalue weighted by molar-refractivity contribution is 5.66. The summed E-state index contributed by atoms with van der Waals surface area (Å²) in [5, 5.41) is 0. The minimum atomic E-state index is -4.30. The first-order valence-corrected chi connectivity index (χ1v) is 12.8. The first-order valence-electron chi connectivity index (χ1n) is 12.8. The van der Waals surface area contributed by atoms with Crippen LogP contribution in [0.2, 0.25) is 0 Å². The van der Waals surface area contributed by atoms with Crippen LogP contribution in [0.15, 0.2) is 54.6 Å². The van der Waals surface area contributed by atoms with E-state index in [0.29, 0.717) is 48.4 Å². The van der Waals surface area contributed by atoms with Crippen LogP contribution in [0.1, 0.15) is 48.4 Å². The molecule has 0 heterocycles. The van der Waals surface area contributed by atoms with Crippen LogP contribution >= 0.6 is 0 Å². The topological polar surface area (TPSA) is 9.23 Å². The lowest BCUT2D eigenvalue weighted by Crippen LogP contribution is -2.23. The Balaban J connectivity index is 1.56. The second-order valence-corrected chi connectivity index (χ2v) is 9.47. The molecular weight excluding hydrogens is 590 g/mol. The van der Waals surface area contributed by atoms with E-state index in [2.05, 4.69) is 10.7 Å². The highest BCUT2D eigenvalue weighted by Crippen LogP contribution is 2.35. The molecule has 11 heteroatoms. The largest absolute Gasteiger partial charge is 0.429 e. The van der Waals surface area contributed by atoms with Gasteiger partial charge in [0.1, 0.15) is 34.8 Å². The summed E-state index contributed by atoms with van der Waals surface area (Å²) >= 11 is 0. The molecule has 224 valence electrons. The molecule has 0 bridgehead atoms. The van der Waals surface area contributed by atoms with Crippen LogP contribution in [-0.2, 0) is 12.5 Å². The van der Waals surface area contributed by atoms with Crippen molar-refractivity contribution in [2.45, 2.75) is 38.7 Å². The number of hydrogen-bond donors (Lipinski definition) is 0. The van der Waals surface area contributed by atoms with Crippen molar-refractivity contribution in [3.8, 4) is 28.7 Å². The van der Waals surface area contributed by atoms with E-state index >= 15 is 0 Å². The SMILES string of the molecule is CCCCCc1ccc(C(F)(F)Oc2cc(F)c(C#Cc3cc(F)c(-c4cc(F)c(F)c(F)c4)c(F)c3)c(F)c2)c(F)c1. The Hall–Kier alpha value is -4.46. The van der Waals surface area contributed by atoms with Gasteiger partial charge in [0, 0.05) is 17.7 Å². The van der Waals surface area contributed by atoms with Crippen LogP contribution in [0.25, 0.3) is 11.1 Å². The fraction of sp³-hybridized carbons (Fsp3) is 0.188. The van der Waals surface area contributed by atoms with Crippen LogP contribution < -0.4 is 4.74 Å². The van der Waals surface area contributed by atoms with Gasteiger partial charge in [-0.2, -0.15) is 8.78 Å². The first kappa shape index (κ1) is 31.5. The number of rotatable bonds is 8. The summed E-state index contributed by atoms with van der Waals surface area (Å²) < 4.78 is 147. The van der Waals surface area contributed by atoms with E-state index in [-0.39, 0.29) is 0 Å². The van der Waals surface area contributed by atoms with E-state index in [1.54, 1.807) is 0 Å². The second-order valence-electron chi connectivity index (χ2n) is 9.47. The Morgan fingerprint density at radius 2 is 1.26 bits per heavy atom. The summed E-state index contributed by atoms with van der Waals surface area (Å²) in [6, 6.07) is 5.78. The molecule has 0 fully saturated rings. The normalized spacial score (nSPS) is 11.3. The van der Waals surface area contributed by atoms with Gasteiger partial charge in [-0.25, -0.2) is 35.1 Å². The fourth-order valence-electron chi connectivity index (χ4n) is 4.22. The Morgan fingerprint density at radius 1 is 0.651 bits per heavy atom. The number of alkyl halides is 2. The zero-order valence-corrected chi connectivity index (χ0v) is 22.2. The van der Waals surface area contributed by atoms with Crippen LogP contribution in [0.5, 0.6) is 5.75 Å². The number of halogens is 10. The van der Waals surface area contributed by atoms with Crippen molar-refractivity contribution in [3.63, 3.8) is 0 Å². The van der Waals surface area contributed by atoms with E-state index in [4.69, 9.17) is 0 Å². The van der Waals surface area contributed by atoms with Crippen LogP contribution in [0.3, 0.4) is 0 Å². The third-order valence-electron chi connectivity index (χ3n) is 6.32. The van der Waals surface area contributed by atoms with Crippen molar-refractivity contribution in [3.05, 3.63) is 123 Å². The van der Waals surface area contributed by atoms with E-state index in [1.807, 2.05) is 12.8 Å². The van der Waals surface area contributed by atoms with E-state index in [1.165, 1.54) is 6.07 Å². The Kier molecular flexibility index (Phi) is 9.38. The van der Waals surface area contributed by atoms with Crippen molar-refractivity contribution in [1.82, 2.24) is 0 Å². The monoisotopic (exact) mass is 610 g/mol. The summed E-state index contributed by atoms with van der Waals surface area (Å²) in [7, 11) is 0. The standard InChI is InChI=1S/C32H20F10O/c1-2-3-4-5-17-7-9-22(25(35)10-17)32(41,42)43-20-15-23(33)21(24(34)16-20)8-6-18-11-26(36)30(27(37)12-18)19-13-28(38)31(40)29(39)14-19/h7,9-16H,2-5H2,1H3. The number of ether oxygens (including phenoxy) is 1. The predicted octanol–water partition coefficient (Wildman–Crippen LogP) is 9.73. The molecule has 0 amide bonds. The first-order chi connectivity index (χ1) is 20.3. The van der Waals surface area contributed by atoms with Gasteiger partial charge < -0.3 is 4.74 Å². The molecule has 4 aromatic carbocycles. The van der Waals surface area contributed by atoms with Gasteiger partial charge in [0.25, 0.3) is 0 Å². The molecule has 0 spiro atoms. The zero-order chi connectivity index (χ0) is 31.5. The van der Waals surface area contributed by atoms with Gasteiger partial charge in [0.15, 0.2) is 17.5 Å². The lowest BCUT2D eigenvalue weighted by Gasteiger charge is -2.19. The highest BCUT2D eigenvalue weighted by atomic mass is 19.3. The highest BCUT2D eigenvalue weighted by Gasteiger charge is 2.38. The van der Waals surface area contributed by atoms with Crippen molar-refractivity contribution >= 4 is 0 Å². The number of benzene rings is 4. The van der Waals surface area contributed by atoms with Crippen LogP contribution in [-0.4, -0.2) is 0 Å². The maximum atomic E-state index is 14.7. The minimum absolute atomic E-state index is 0.375. The fourth-order valence-corrected chi connectivity index (χ4v) is 4.22. The average molecular weight is 610 g/mol. The van der Waals surface area contributed by atoms with Gasteiger partial charge >= 0.3 is 6.11 Å². The average Bonchev–Trinajstić information content (AvgIpc) is 2.90. The summed E-state index contributed by atoms with van der Waals surface area (Å²) in [6.45, 7) is 1.97. The van der Waals surface area contributed by atoms with Crippen LogP contribution in [0, 0.1) is 58.4 Å². The maximum absolute atomic E-state index is 14.7. The Bertz CT molecular complexity index is 1670. The molecule has 0 saturated carbocycles. The summed E-state index contributed by atoms with van der Waals surface area (Å²) in [5.41, 5.74) is -3.64. The second kappa shape index (κ2) is 12.8.